The quantitative estimate of drug-likeness (QED) is 0.859. The Labute approximate surface area is 113 Å². The summed E-state index contributed by atoms with van der Waals surface area (Å²) in [6.45, 7) is 2.95. The molecule has 1 N–H and O–H groups in total. The van der Waals surface area contributed by atoms with Gasteiger partial charge in [-0.1, -0.05) is 0 Å². The van der Waals surface area contributed by atoms with Gasteiger partial charge in [0.2, 0.25) is 0 Å². The molecule has 0 spiro atoms. The van der Waals surface area contributed by atoms with Gasteiger partial charge in [0.15, 0.2) is 5.69 Å². The molecule has 1 amide bonds. The summed E-state index contributed by atoms with van der Waals surface area (Å²) in [6.07, 6.45) is 1.15. The minimum atomic E-state index is -0.0651. The molecule has 1 fully saturated rings. The topological polar surface area (TPSA) is 61.4 Å². The second-order valence-corrected chi connectivity index (χ2v) is 5.16. The van der Waals surface area contributed by atoms with Gasteiger partial charge < -0.3 is 15.1 Å². The fourth-order valence-electron chi connectivity index (χ4n) is 2.42. The highest BCUT2D eigenvalue weighted by molar-refractivity contribution is 5.92. The number of nitrogens with one attached hydrogen (secondary N) is 1. The van der Waals surface area contributed by atoms with E-state index in [2.05, 4.69) is 27.5 Å². The predicted octanol–water partition coefficient (Wildman–Crippen LogP) is 0.542. The maximum atomic E-state index is 12.2. The maximum absolute atomic E-state index is 12.2. The third-order valence-electron chi connectivity index (χ3n) is 3.51. The number of hydrogen-bond donors (Lipinski definition) is 1. The highest BCUT2D eigenvalue weighted by Crippen LogP contribution is 2.16. The van der Waals surface area contributed by atoms with Crippen molar-refractivity contribution in [3.05, 3.63) is 17.8 Å². The summed E-state index contributed by atoms with van der Waals surface area (Å²) < 4.78 is 0. The van der Waals surface area contributed by atoms with Crippen LogP contribution in [0.15, 0.2) is 12.1 Å². The van der Waals surface area contributed by atoms with E-state index in [4.69, 9.17) is 0 Å². The Morgan fingerprint density at radius 1 is 1.53 bits per heavy atom. The zero-order valence-corrected chi connectivity index (χ0v) is 11.8. The number of nitrogens with zero attached hydrogens (tertiary/aromatic N) is 4. The van der Waals surface area contributed by atoms with Crippen LogP contribution in [0.25, 0.3) is 0 Å². The van der Waals surface area contributed by atoms with Crippen molar-refractivity contribution in [3.8, 4) is 0 Å². The zero-order chi connectivity index (χ0) is 13.8. The van der Waals surface area contributed by atoms with Gasteiger partial charge in [-0.15, -0.1) is 10.2 Å². The van der Waals surface area contributed by atoms with Crippen LogP contribution >= 0.6 is 0 Å². The summed E-state index contributed by atoms with van der Waals surface area (Å²) in [5, 5.41) is 10.8. The molecule has 0 saturated carbocycles. The van der Waals surface area contributed by atoms with Crippen LogP contribution < -0.4 is 5.32 Å². The molecule has 0 bridgehead atoms. The van der Waals surface area contributed by atoms with Crippen LogP contribution in [0, 0.1) is 5.92 Å². The van der Waals surface area contributed by atoms with Crippen molar-refractivity contribution in [1.82, 2.24) is 20.0 Å². The SMILES string of the molecule is CNc1ccc(C(=O)N(C)CC2CCN(C)C2)nn1. The molecule has 1 aromatic rings. The molecule has 19 heavy (non-hydrogen) atoms. The Morgan fingerprint density at radius 3 is 2.84 bits per heavy atom. The minimum Gasteiger partial charge on any atom is -0.372 e. The number of carbonyl (C=O) groups excluding carboxylic acids is 1. The van der Waals surface area contributed by atoms with Crippen molar-refractivity contribution >= 4 is 11.7 Å². The number of carbonyl (C=O) groups is 1. The number of likely N-dealkylation sites (tertiary alicyclic amines) is 1. The molecular weight excluding hydrogens is 242 g/mol. The van der Waals surface area contributed by atoms with Gasteiger partial charge in [0.05, 0.1) is 0 Å². The molecule has 0 aromatic carbocycles. The molecule has 1 aliphatic heterocycles. The highest BCUT2D eigenvalue weighted by atomic mass is 16.2. The predicted molar refractivity (Wildman–Crippen MR) is 74.1 cm³/mol. The standard InChI is InChI=1S/C13H21N5O/c1-14-12-5-4-11(15-16-12)13(19)18(3)9-10-6-7-17(2)8-10/h4-5,10H,6-9H2,1-3H3,(H,14,16). The van der Waals surface area contributed by atoms with Crippen LogP contribution in [0.5, 0.6) is 0 Å². The first-order valence-corrected chi connectivity index (χ1v) is 6.55. The molecule has 6 heteroatoms. The number of aromatic nitrogens is 2. The molecule has 1 aliphatic rings. The molecule has 1 saturated heterocycles. The largest absolute Gasteiger partial charge is 0.372 e. The molecule has 2 heterocycles. The molecular formula is C13H21N5O. The Balaban J connectivity index is 1.94. The Kier molecular flexibility index (Phi) is 4.31. The summed E-state index contributed by atoms with van der Waals surface area (Å²) in [7, 11) is 5.71. The fraction of sp³-hybridized carbons (Fsp3) is 0.615. The maximum Gasteiger partial charge on any atom is 0.274 e. The summed E-state index contributed by atoms with van der Waals surface area (Å²) in [4.78, 5) is 16.2. The van der Waals surface area contributed by atoms with Crippen LogP contribution in [0.4, 0.5) is 5.82 Å². The molecule has 2 rings (SSSR count). The van der Waals surface area contributed by atoms with E-state index in [0.717, 1.165) is 26.1 Å². The van der Waals surface area contributed by atoms with Crippen LogP contribution in [0.1, 0.15) is 16.9 Å². The van der Waals surface area contributed by atoms with Gasteiger partial charge in [-0.3, -0.25) is 4.79 Å². The van der Waals surface area contributed by atoms with E-state index < -0.39 is 0 Å². The van der Waals surface area contributed by atoms with Gasteiger partial charge >= 0.3 is 0 Å². The first kappa shape index (κ1) is 13.7. The van der Waals surface area contributed by atoms with Crippen molar-refractivity contribution in [2.24, 2.45) is 5.92 Å². The molecule has 1 unspecified atom stereocenters. The van der Waals surface area contributed by atoms with Crippen LogP contribution in [0.2, 0.25) is 0 Å². The summed E-state index contributed by atoms with van der Waals surface area (Å²) in [6, 6.07) is 3.47. The van der Waals surface area contributed by atoms with E-state index in [1.54, 1.807) is 24.1 Å². The van der Waals surface area contributed by atoms with Gasteiger partial charge in [0.1, 0.15) is 5.82 Å². The van der Waals surface area contributed by atoms with Gasteiger partial charge in [-0.05, 0) is 38.1 Å². The zero-order valence-electron chi connectivity index (χ0n) is 11.8. The van der Waals surface area contributed by atoms with E-state index >= 15 is 0 Å². The number of rotatable bonds is 4. The lowest BCUT2D eigenvalue weighted by Gasteiger charge is -2.20. The number of anilines is 1. The van der Waals surface area contributed by atoms with Crippen molar-refractivity contribution in [2.45, 2.75) is 6.42 Å². The first-order chi connectivity index (χ1) is 9.10. The molecule has 1 aromatic heterocycles. The number of hydrogen-bond acceptors (Lipinski definition) is 5. The highest BCUT2D eigenvalue weighted by Gasteiger charge is 2.23. The lowest BCUT2D eigenvalue weighted by Crippen LogP contribution is -2.33. The number of amides is 1. The summed E-state index contributed by atoms with van der Waals surface area (Å²) in [5.74, 6) is 1.16. The minimum absolute atomic E-state index is 0.0651. The second-order valence-electron chi connectivity index (χ2n) is 5.16. The summed E-state index contributed by atoms with van der Waals surface area (Å²) in [5.41, 5.74) is 0.396. The van der Waals surface area contributed by atoms with Crippen LogP contribution in [0.3, 0.4) is 0 Å². The van der Waals surface area contributed by atoms with E-state index in [1.165, 1.54) is 0 Å². The summed E-state index contributed by atoms with van der Waals surface area (Å²) >= 11 is 0. The second kappa shape index (κ2) is 5.97. The molecule has 1 atom stereocenters. The van der Waals surface area contributed by atoms with Crippen molar-refractivity contribution in [1.29, 1.82) is 0 Å². The lowest BCUT2D eigenvalue weighted by atomic mass is 10.1. The average molecular weight is 263 g/mol. The van der Waals surface area contributed by atoms with Gasteiger partial charge in [-0.2, -0.15) is 0 Å². The Morgan fingerprint density at radius 2 is 2.32 bits per heavy atom. The van der Waals surface area contributed by atoms with E-state index in [-0.39, 0.29) is 5.91 Å². The van der Waals surface area contributed by atoms with Crippen molar-refractivity contribution in [2.75, 3.05) is 46.1 Å². The van der Waals surface area contributed by atoms with Gasteiger partial charge in [0, 0.05) is 27.2 Å². The van der Waals surface area contributed by atoms with E-state index in [9.17, 15) is 4.79 Å². The normalized spacial score (nSPS) is 19.4. The van der Waals surface area contributed by atoms with Crippen molar-refractivity contribution < 1.29 is 4.79 Å². The van der Waals surface area contributed by atoms with Gasteiger partial charge in [0.25, 0.3) is 5.91 Å². The fourth-order valence-corrected chi connectivity index (χ4v) is 2.42. The average Bonchev–Trinajstić information content (AvgIpc) is 2.83. The Hall–Kier alpha value is -1.69. The molecule has 104 valence electrons. The van der Waals surface area contributed by atoms with Crippen LogP contribution in [-0.4, -0.2) is 66.7 Å². The van der Waals surface area contributed by atoms with Gasteiger partial charge in [-0.25, -0.2) is 0 Å². The third kappa shape index (κ3) is 3.41. The molecule has 0 radical (unpaired) electrons. The van der Waals surface area contributed by atoms with E-state index in [1.807, 2.05) is 7.05 Å². The third-order valence-corrected chi connectivity index (χ3v) is 3.51. The van der Waals surface area contributed by atoms with Crippen molar-refractivity contribution in [3.63, 3.8) is 0 Å². The monoisotopic (exact) mass is 263 g/mol. The molecule has 6 nitrogen and oxygen atoms in total. The lowest BCUT2D eigenvalue weighted by molar-refractivity contribution is 0.0767. The first-order valence-electron chi connectivity index (χ1n) is 6.55. The smallest absolute Gasteiger partial charge is 0.274 e. The van der Waals surface area contributed by atoms with E-state index in [0.29, 0.717) is 17.4 Å². The molecule has 0 aliphatic carbocycles. The Bertz CT molecular complexity index is 433. The van der Waals surface area contributed by atoms with Crippen LogP contribution in [-0.2, 0) is 0 Å².